The van der Waals surface area contributed by atoms with E-state index in [1.54, 1.807) is 19.1 Å². The van der Waals surface area contributed by atoms with Gasteiger partial charge in [0.05, 0.1) is 46.4 Å². The van der Waals surface area contributed by atoms with E-state index in [-0.39, 0.29) is 48.0 Å². The van der Waals surface area contributed by atoms with Gasteiger partial charge in [-0.25, -0.2) is 19.1 Å². The minimum Gasteiger partial charge on any atom is -0.484 e. The molecular weight excluding hydrogens is 541 g/mol. The van der Waals surface area contributed by atoms with Gasteiger partial charge in [0.2, 0.25) is 5.16 Å². The van der Waals surface area contributed by atoms with Crippen molar-refractivity contribution >= 4 is 34.0 Å². The number of pyridine rings is 1. The molecule has 2 aromatic heterocycles. The van der Waals surface area contributed by atoms with Gasteiger partial charge in [0.15, 0.2) is 6.61 Å². The Morgan fingerprint density at radius 2 is 1.92 bits per heavy atom. The average molecular weight is 571 g/mol. The third-order valence-electron chi connectivity index (χ3n) is 5.49. The summed E-state index contributed by atoms with van der Waals surface area (Å²) in [6, 6.07) is 5.92. The number of benzene rings is 1. The number of imidazole rings is 1. The topological polar surface area (TPSA) is 122 Å². The molecule has 1 aromatic carbocycles. The van der Waals surface area contributed by atoms with Gasteiger partial charge in [-0.1, -0.05) is 26.0 Å². The maximum absolute atomic E-state index is 13.6. The summed E-state index contributed by atoms with van der Waals surface area (Å²) in [6.07, 6.45) is -4.12. The summed E-state index contributed by atoms with van der Waals surface area (Å²) in [5.41, 5.74) is 2.26. The van der Waals surface area contributed by atoms with Gasteiger partial charge < -0.3 is 19.5 Å². The molecule has 3 aromatic rings. The first-order chi connectivity index (χ1) is 18.4. The Balaban J connectivity index is 1.91. The van der Waals surface area contributed by atoms with Crippen molar-refractivity contribution in [2.75, 3.05) is 26.4 Å². The van der Waals surface area contributed by atoms with Crippen LogP contribution in [0, 0.1) is 6.92 Å². The molecule has 10 nitrogen and oxygen atoms in total. The predicted octanol–water partition coefficient (Wildman–Crippen LogP) is 4.84. The van der Waals surface area contributed by atoms with Crippen molar-refractivity contribution in [3.05, 3.63) is 47.3 Å². The molecular formula is C25H29F3N4O6S. The molecule has 212 valence electrons. The van der Waals surface area contributed by atoms with Crippen LogP contribution < -0.4 is 10.1 Å². The molecule has 0 radical (unpaired) electrons. The molecule has 39 heavy (non-hydrogen) atoms. The van der Waals surface area contributed by atoms with E-state index < -0.39 is 35.8 Å². The first-order valence-corrected chi connectivity index (χ1v) is 13.4. The first-order valence-electron chi connectivity index (χ1n) is 12.0. The molecule has 0 bridgehead atoms. The highest BCUT2D eigenvalue weighted by Gasteiger charge is 2.29. The normalized spacial score (nSPS) is 12.4. The van der Waals surface area contributed by atoms with Crippen LogP contribution in [0.1, 0.15) is 43.5 Å². The Morgan fingerprint density at radius 1 is 1.18 bits per heavy atom. The van der Waals surface area contributed by atoms with E-state index in [0.29, 0.717) is 16.6 Å². The number of hydrogen-bond donors (Lipinski definition) is 1. The second kappa shape index (κ2) is 12.9. The smallest absolute Gasteiger partial charge is 0.484 e. The van der Waals surface area contributed by atoms with Gasteiger partial charge >= 0.3 is 18.4 Å². The van der Waals surface area contributed by atoms with Gasteiger partial charge in [0.25, 0.3) is 0 Å². The van der Waals surface area contributed by atoms with E-state index in [0.717, 1.165) is 5.56 Å². The molecule has 3 rings (SSSR count). The highest BCUT2D eigenvalue weighted by molar-refractivity contribution is 7.84. The van der Waals surface area contributed by atoms with Crippen LogP contribution in [-0.4, -0.2) is 63.5 Å². The van der Waals surface area contributed by atoms with Crippen LogP contribution in [0.25, 0.3) is 11.0 Å². The molecule has 14 heteroatoms. The minimum atomic E-state index is -4.52. The summed E-state index contributed by atoms with van der Waals surface area (Å²) in [4.78, 5) is 33.3. The van der Waals surface area contributed by atoms with E-state index in [2.05, 4.69) is 20.0 Å². The fraction of sp³-hybridized carbons (Fsp3) is 0.440. The maximum Gasteiger partial charge on any atom is 0.508 e. The Kier molecular flexibility index (Phi) is 9.89. The van der Waals surface area contributed by atoms with Crippen LogP contribution in [0.3, 0.4) is 0 Å². The predicted molar refractivity (Wildman–Crippen MR) is 136 cm³/mol. The number of fused-ring (bicyclic) bond motifs is 1. The number of carbonyl (C=O) groups is 2. The molecule has 0 aliphatic heterocycles. The number of nitrogens with zero attached hydrogens (tertiary/aromatic N) is 3. The Bertz CT molecular complexity index is 1360. The average Bonchev–Trinajstić information content (AvgIpc) is 3.26. The molecule has 0 aliphatic rings. The standard InChI is InChI=1S/C25H29F3N4O6S/c1-5-36-24(34)37-12-11-30-22(33)32-19-8-6-7-17(15(2)3)21(19)31-23(32)39(35)13-18-16(4)20(9-10-29-18)38-14-25(26,27)28/h6-10,15H,5,11-14H2,1-4H3,(H,30,33). The highest BCUT2D eigenvalue weighted by atomic mass is 32.2. The summed E-state index contributed by atoms with van der Waals surface area (Å²) in [5, 5.41) is 2.54. The number of carbonyl (C=O) groups excluding carboxylic acids is 2. The SMILES string of the molecule is CCOC(=O)OCCNC(=O)n1c(S(=O)Cc2nccc(OCC(F)(F)F)c2C)nc2c(C(C)C)cccc21. The van der Waals surface area contributed by atoms with Crippen molar-refractivity contribution in [2.45, 2.75) is 50.7 Å². The zero-order valence-electron chi connectivity index (χ0n) is 21.8. The van der Waals surface area contributed by atoms with Crippen molar-refractivity contribution in [1.82, 2.24) is 19.9 Å². The summed E-state index contributed by atoms with van der Waals surface area (Å²) >= 11 is 0. The third kappa shape index (κ3) is 7.68. The summed E-state index contributed by atoms with van der Waals surface area (Å²) in [6.45, 7) is 5.52. The lowest BCUT2D eigenvalue weighted by Gasteiger charge is -2.13. The molecule has 2 heterocycles. The number of para-hydroxylation sites is 1. The van der Waals surface area contributed by atoms with Crippen molar-refractivity contribution in [1.29, 1.82) is 0 Å². The number of rotatable bonds is 10. The lowest BCUT2D eigenvalue weighted by molar-refractivity contribution is -0.153. The molecule has 0 fully saturated rings. The molecule has 0 saturated heterocycles. The van der Waals surface area contributed by atoms with Gasteiger partial charge in [-0.3, -0.25) is 9.19 Å². The summed E-state index contributed by atoms with van der Waals surface area (Å²) < 4.78 is 67.0. The van der Waals surface area contributed by atoms with E-state index >= 15 is 0 Å². The molecule has 0 spiro atoms. The van der Waals surface area contributed by atoms with Crippen molar-refractivity contribution in [2.24, 2.45) is 0 Å². The largest absolute Gasteiger partial charge is 0.508 e. The number of aromatic nitrogens is 3. The number of hydrogen-bond acceptors (Lipinski definition) is 8. The van der Waals surface area contributed by atoms with Crippen LogP contribution >= 0.6 is 0 Å². The zero-order chi connectivity index (χ0) is 28.7. The van der Waals surface area contributed by atoms with E-state index in [4.69, 9.17) is 9.47 Å². The van der Waals surface area contributed by atoms with E-state index in [1.165, 1.54) is 23.8 Å². The summed E-state index contributed by atoms with van der Waals surface area (Å²) in [7, 11) is -1.93. The summed E-state index contributed by atoms with van der Waals surface area (Å²) in [5.74, 6) is -0.218. The zero-order valence-corrected chi connectivity index (χ0v) is 22.6. The molecule has 1 amide bonds. The monoisotopic (exact) mass is 570 g/mol. The number of alkyl halides is 3. The second-order valence-electron chi connectivity index (χ2n) is 8.64. The molecule has 0 aliphatic carbocycles. The third-order valence-corrected chi connectivity index (χ3v) is 6.71. The van der Waals surface area contributed by atoms with Gasteiger partial charge in [-0.05, 0) is 37.5 Å². The van der Waals surface area contributed by atoms with Gasteiger partial charge in [-0.15, -0.1) is 0 Å². The van der Waals surface area contributed by atoms with E-state index in [1.807, 2.05) is 19.9 Å². The van der Waals surface area contributed by atoms with Crippen LogP contribution in [0.15, 0.2) is 35.6 Å². The second-order valence-corrected chi connectivity index (χ2v) is 9.98. The quantitative estimate of drug-likeness (QED) is 0.271. The molecule has 1 atom stereocenters. The number of halogens is 3. The van der Waals surface area contributed by atoms with Crippen LogP contribution in [0.2, 0.25) is 0 Å². The molecule has 1 N–H and O–H groups in total. The van der Waals surface area contributed by atoms with Crippen LogP contribution in [0.5, 0.6) is 5.75 Å². The van der Waals surface area contributed by atoms with E-state index in [9.17, 15) is 27.0 Å². The van der Waals surface area contributed by atoms with Crippen LogP contribution in [-0.2, 0) is 26.0 Å². The highest BCUT2D eigenvalue weighted by Crippen LogP contribution is 2.29. The fourth-order valence-corrected chi connectivity index (χ4v) is 4.90. The Morgan fingerprint density at radius 3 is 2.59 bits per heavy atom. The molecule has 0 saturated carbocycles. The number of amides is 1. The number of ether oxygens (including phenoxy) is 3. The van der Waals surface area contributed by atoms with Gasteiger partial charge in [0.1, 0.15) is 12.4 Å². The minimum absolute atomic E-state index is 0.0377. The maximum atomic E-state index is 13.6. The lowest BCUT2D eigenvalue weighted by Crippen LogP contribution is -2.33. The van der Waals surface area contributed by atoms with Crippen molar-refractivity contribution < 1.29 is 41.2 Å². The van der Waals surface area contributed by atoms with Crippen LogP contribution in [0.4, 0.5) is 22.8 Å². The van der Waals surface area contributed by atoms with Crippen molar-refractivity contribution in [3.63, 3.8) is 0 Å². The van der Waals surface area contributed by atoms with Gasteiger partial charge in [-0.2, -0.15) is 13.2 Å². The fourth-order valence-electron chi connectivity index (χ4n) is 3.65. The Labute approximate surface area is 225 Å². The first kappa shape index (κ1) is 29.9. The van der Waals surface area contributed by atoms with Crippen molar-refractivity contribution in [3.8, 4) is 5.75 Å². The Hall–Kier alpha value is -3.68. The van der Waals surface area contributed by atoms with Gasteiger partial charge in [0, 0.05) is 11.8 Å². The lowest BCUT2D eigenvalue weighted by atomic mass is 10.0. The molecule has 1 unspecified atom stereocenters. The number of nitrogens with one attached hydrogen (secondary N) is 1.